The van der Waals surface area contributed by atoms with Crippen LogP contribution in [0, 0.1) is 13.8 Å². The van der Waals surface area contributed by atoms with Gasteiger partial charge in [-0.05, 0) is 60.6 Å². The lowest BCUT2D eigenvalue weighted by atomic mass is 9.62. The molecule has 150 valence electrons. The van der Waals surface area contributed by atoms with Crippen molar-refractivity contribution in [2.75, 3.05) is 0 Å². The van der Waals surface area contributed by atoms with Crippen LogP contribution < -0.4 is 4.83 Å². The molecule has 1 aliphatic rings. The zero-order chi connectivity index (χ0) is 20.9. The minimum absolute atomic E-state index is 0.144. The van der Waals surface area contributed by atoms with Gasteiger partial charge in [0.05, 0.1) is 4.90 Å². The van der Waals surface area contributed by atoms with E-state index in [1.165, 1.54) is 11.1 Å². The zero-order valence-electron chi connectivity index (χ0n) is 17.2. The summed E-state index contributed by atoms with van der Waals surface area (Å²) in [6.45, 7) is 12.5. The number of nitrogens with zero attached hydrogens (tertiary/aromatic N) is 1. The summed E-state index contributed by atoms with van der Waals surface area (Å²) in [7, 11) is -3.70. The number of fused-ring (bicyclic) bond motifs is 1. The van der Waals surface area contributed by atoms with Crippen LogP contribution in [0.2, 0.25) is 0 Å². The Balaban J connectivity index is 2.02. The SMILES string of the molecule is Cc1ccc(S(=O)(=O)N/N=C2/CC(C)(C)c3cc(Br)c(C)cc3C2(C)C)cc1. The Hall–Kier alpha value is -1.66. The third kappa shape index (κ3) is 3.77. The molecule has 1 N–H and O–H groups in total. The van der Waals surface area contributed by atoms with Crippen molar-refractivity contribution in [2.45, 2.75) is 63.7 Å². The van der Waals surface area contributed by atoms with E-state index in [0.717, 1.165) is 21.3 Å². The molecular formula is C22H27BrN2O2S. The average Bonchev–Trinajstić information content (AvgIpc) is 2.59. The monoisotopic (exact) mass is 462 g/mol. The molecule has 0 radical (unpaired) electrons. The van der Waals surface area contributed by atoms with E-state index in [1.807, 2.05) is 6.92 Å². The molecule has 0 saturated heterocycles. The highest BCUT2D eigenvalue weighted by Crippen LogP contribution is 2.45. The first kappa shape index (κ1) is 21.1. The number of benzene rings is 2. The molecule has 0 atom stereocenters. The molecule has 0 spiro atoms. The summed E-state index contributed by atoms with van der Waals surface area (Å²) in [5.41, 5.74) is 4.96. The molecule has 3 rings (SSSR count). The topological polar surface area (TPSA) is 58.5 Å². The van der Waals surface area contributed by atoms with Crippen molar-refractivity contribution in [3.8, 4) is 0 Å². The van der Waals surface area contributed by atoms with Gasteiger partial charge in [-0.1, -0.05) is 67.4 Å². The fourth-order valence-electron chi connectivity index (χ4n) is 3.71. The van der Waals surface area contributed by atoms with E-state index in [1.54, 1.807) is 24.3 Å². The Morgan fingerprint density at radius 2 is 1.61 bits per heavy atom. The summed E-state index contributed by atoms with van der Waals surface area (Å²) in [6, 6.07) is 11.1. The van der Waals surface area contributed by atoms with Gasteiger partial charge in [-0.3, -0.25) is 0 Å². The summed E-state index contributed by atoms with van der Waals surface area (Å²) in [4.78, 5) is 2.68. The summed E-state index contributed by atoms with van der Waals surface area (Å²) in [5, 5.41) is 4.42. The molecule has 2 aromatic carbocycles. The van der Waals surface area contributed by atoms with E-state index in [-0.39, 0.29) is 15.7 Å². The van der Waals surface area contributed by atoms with Crippen LogP contribution in [0.15, 0.2) is 50.9 Å². The first-order valence-corrected chi connectivity index (χ1v) is 11.6. The van der Waals surface area contributed by atoms with Gasteiger partial charge in [0.1, 0.15) is 0 Å². The molecular weight excluding hydrogens is 436 g/mol. The van der Waals surface area contributed by atoms with Gasteiger partial charge in [0.15, 0.2) is 0 Å². The molecule has 4 nitrogen and oxygen atoms in total. The summed E-state index contributed by atoms with van der Waals surface area (Å²) >= 11 is 3.64. The predicted octanol–water partition coefficient (Wildman–Crippen LogP) is 5.36. The molecule has 0 saturated carbocycles. The van der Waals surface area contributed by atoms with Crippen molar-refractivity contribution in [3.63, 3.8) is 0 Å². The van der Waals surface area contributed by atoms with Crippen LogP contribution in [0.1, 0.15) is 56.4 Å². The second kappa shape index (κ2) is 6.99. The lowest BCUT2D eigenvalue weighted by Crippen LogP contribution is -2.43. The number of nitrogens with one attached hydrogen (secondary N) is 1. The van der Waals surface area contributed by atoms with E-state index >= 15 is 0 Å². The van der Waals surface area contributed by atoms with E-state index in [4.69, 9.17) is 0 Å². The van der Waals surface area contributed by atoms with Crippen LogP contribution in [-0.2, 0) is 20.9 Å². The van der Waals surface area contributed by atoms with Crippen molar-refractivity contribution in [2.24, 2.45) is 5.10 Å². The molecule has 0 unspecified atom stereocenters. The fraction of sp³-hybridized carbons (Fsp3) is 0.409. The summed E-state index contributed by atoms with van der Waals surface area (Å²) < 4.78 is 26.5. The van der Waals surface area contributed by atoms with Crippen molar-refractivity contribution in [3.05, 3.63) is 63.1 Å². The maximum Gasteiger partial charge on any atom is 0.276 e. The predicted molar refractivity (Wildman–Crippen MR) is 118 cm³/mol. The number of hydrazone groups is 1. The zero-order valence-corrected chi connectivity index (χ0v) is 19.6. The van der Waals surface area contributed by atoms with Crippen molar-refractivity contribution >= 4 is 31.7 Å². The number of hydrogen-bond donors (Lipinski definition) is 1. The van der Waals surface area contributed by atoms with Gasteiger partial charge in [-0.15, -0.1) is 0 Å². The van der Waals surface area contributed by atoms with E-state index < -0.39 is 10.0 Å². The average molecular weight is 463 g/mol. The number of rotatable bonds is 3. The highest BCUT2D eigenvalue weighted by molar-refractivity contribution is 9.10. The molecule has 0 fully saturated rings. The normalized spacial score (nSPS) is 19.3. The summed E-state index contributed by atoms with van der Waals surface area (Å²) in [5.74, 6) is 0. The number of halogens is 1. The lowest BCUT2D eigenvalue weighted by molar-refractivity contribution is 0.481. The Labute approximate surface area is 176 Å². The minimum atomic E-state index is -3.70. The van der Waals surface area contributed by atoms with E-state index in [9.17, 15) is 8.42 Å². The van der Waals surface area contributed by atoms with Crippen LogP contribution in [0.3, 0.4) is 0 Å². The van der Waals surface area contributed by atoms with Crippen molar-refractivity contribution in [1.82, 2.24) is 4.83 Å². The third-order valence-electron chi connectivity index (χ3n) is 5.66. The Kier molecular flexibility index (Phi) is 5.26. The highest BCUT2D eigenvalue weighted by atomic mass is 79.9. The number of aryl methyl sites for hydroxylation is 2. The lowest BCUT2D eigenvalue weighted by Gasteiger charge is -2.43. The van der Waals surface area contributed by atoms with E-state index in [2.05, 4.69) is 72.6 Å². The summed E-state index contributed by atoms with van der Waals surface area (Å²) in [6.07, 6.45) is 0.679. The molecule has 2 aromatic rings. The van der Waals surface area contributed by atoms with Crippen LogP contribution in [0.25, 0.3) is 0 Å². The standard InChI is InChI=1S/C22H27BrN2O2S/c1-14-7-9-16(10-8-14)28(26,27)25-24-20-13-21(3,4)17-12-19(23)15(2)11-18(17)22(20,5)6/h7-12,25H,13H2,1-6H3/b24-20-. The maximum atomic E-state index is 12.7. The van der Waals surface area contributed by atoms with Crippen LogP contribution >= 0.6 is 15.9 Å². The minimum Gasteiger partial charge on any atom is -0.200 e. The molecule has 0 bridgehead atoms. The Bertz CT molecular complexity index is 1050. The van der Waals surface area contributed by atoms with Gasteiger partial charge in [0.25, 0.3) is 10.0 Å². The van der Waals surface area contributed by atoms with Crippen molar-refractivity contribution in [1.29, 1.82) is 0 Å². The highest BCUT2D eigenvalue weighted by Gasteiger charge is 2.42. The molecule has 28 heavy (non-hydrogen) atoms. The largest absolute Gasteiger partial charge is 0.276 e. The van der Waals surface area contributed by atoms with Gasteiger partial charge in [-0.2, -0.15) is 13.5 Å². The molecule has 0 amide bonds. The molecule has 0 aromatic heterocycles. The van der Waals surface area contributed by atoms with Gasteiger partial charge in [0, 0.05) is 15.6 Å². The van der Waals surface area contributed by atoms with Crippen LogP contribution in [-0.4, -0.2) is 14.1 Å². The number of sulfonamides is 1. The smallest absolute Gasteiger partial charge is 0.200 e. The Morgan fingerprint density at radius 1 is 1.00 bits per heavy atom. The second-order valence-corrected chi connectivity index (χ2v) is 11.3. The Morgan fingerprint density at radius 3 is 2.21 bits per heavy atom. The van der Waals surface area contributed by atoms with Crippen LogP contribution in [0.5, 0.6) is 0 Å². The molecule has 0 heterocycles. The fourth-order valence-corrected chi connectivity index (χ4v) is 4.89. The van der Waals surface area contributed by atoms with Crippen LogP contribution in [0.4, 0.5) is 0 Å². The van der Waals surface area contributed by atoms with Gasteiger partial charge in [0.2, 0.25) is 0 Å². The number of hydrogen-bond acceptors (Lipinski definition) is 3. The van der Waals surface area contributed by atoms with Gasteiger partial charge >= 0.3 is 0 Å². The third-order valence-corrected chi connectivity index (χ3v) is 7.74. The van der Waals surface area contributed by atoms with Gasteiger partial charge < -0.3 is 0 Å². The maximum absolute atomic E-state index is 12.7. The molecule has 6 heteroatoms. The molecule has 0 aliphatic heterocycles. The van der Waals surface area contributed by atoms with Crippen molar-refractivity contribution < 1.29 is 8.42 Å². The first-order chi connectivity index (χ1) is 12.8. The van der Waals surface area contributed by atoms with E-state index in [0.29, 0.717) is 6.42 Å². The molecule has 1 aliphatic carbocycles. The second-order valence-electron chi connectivity index (χ2n) is 8.80. The first-order valence-electron chi connectivity index (χ1n) is 9.31. The quantitative estimate of drug-likeness (QED) is 0.623. The van der Waals surface area contributed by atoms with Gasteiger partial charge in [-0.25, -0.2) is 4.83 Å².